The van der Waals surface area contributed by atoms with Crippen LogP contribution in [0.3, 0.4) is 0 Å². The van der Waals surface area contributed by atoms with Crippen molar-refractivity contribution in [2.45, 2.75) is 31.3 Å². The third-order valence-corrected chi connectivity index (χ3v) is 5.15. The summed E-state index contributed by atoms with van der Waals surface area (Å²) in [6.07, 6.45) is 3.46. The fraction of sp³-hybridized carbons (Fsp3) is 0.273. The highest BCUT2D eigenvalue weighted by atomic mass is 32.2. The Kier molecular flexibility index (Phi) is 6.26. The molecule has 2 aromatic heterocycles. The number of hydrogen-bond donors (Lipinski definition) is 3. The number of amides is 1. The molecule has 0 radical (unpaired) electrons. The number of aromatic nitrogens is 3. The Balaban J connectivity index is 1.89. The van der Waals surface area contributed by atoms with E-state index in [2.05, 4.69) is 46.4 Å². The van der Waals surface area contributed by atoms with Gasteiger partial charge >= 0.3 is 0 Å². The number of aromatic amines is 1. The number of benzene rings is 1. The molecule has 0 unspecified atom stereocenters. The maximum absolute atomic E-state index is 12.7. The van der Waals surface area contributed by atoms with Crippen LogP contribution in [-0.4, -0.2) is 34.2 Å². The van der Waals surface area contributed by atoms with E-state index < -0.39 is 0 Å². The average molecular weight is 424 g/mol. The first-order valence-electron chi connectivity index (χ1n) is 9.47. The average Bonchev–Trinajstić information content (AvgIpc) is 2.74. The van der Waals surface area contributed by atoms with E-state index in [0.717, 1.165) is 5.56 Å². The predicted octanol–water partition coefficient (Wildman–Crippen LogP) is 4.15. The van der Waals surface area contributed by atoms with Crippen molar-refractivity contribution in [2.24, 2.45) is 0 Å². The van der Waals surface area contributed by atoms with Crippen molar-refractivity contribution in [2.75, 3.05) is 23.9 Å². The van der Waals surface area contributed by atoms with Gasteiger partial charge in [-0.1, -0.05) is 44.7 Å². The van der Waals surface area contributed by atoms with Gasteiger partial charge in [-0.2, -0.15) is 0 Å². The van der Waals surface area contributed by atoms with Crippen LogP contribution in [0.1, 0.15) is 36.7 Å². The molecule has 0 saturated heterocycles. The van der Waals surface area contributed by atoms with Gasteiger partial charge in [-0.15, -0.1) is 0 Å². The van der Waals surface area contributed by atoms with Gasteiger partial charge in [0.1, 0.15) is 11.5 Å². The molecule has 30 heavy (non-hydrogen) atoms. The molecule has 0 fully saturated rings. The summed E-state index contributed by atoms with van der Waals surface area (Å²) in [4.78, 5) is 36.5. The second-order valence-electron chi connectivity index (χ2n) is 7.79. The Morgan fingerprint density at radius 2 is 1.80 bits per heavy atom. The highest BCUT2D eigenvalue weighted by Gasteiger charge is 2.15. The van der Waals surface area contributed by atoms with E-state index in [1.807, 2.05) is 18.4 Å². The van der Waals surface area contributed by atoms with E-state index in [0.29, 0.717) is 27.8 Å². The first-order chi connectivity index (χ1) is 14.2. The van der Waals surface area contributed by atoms with Crippen LogP contribution in [0.25, 0.3) is 11.3 Å². The second-order valence-corrected chi connectivity index (χ2v) is 8.56. The summed E-state index contributed by atoms with van der Waals surface area (Å²) in [7, 11) is 1.78. The van der Waals surface area contributed by atoms with Crippen LogP contribution in [-0.2, 0) is 5.41 Å². The molecule has 3 aromatic rings. The van der Waals surface area contributed by atoms with E-state index in [4.69, 9.17) is 0 Å². The molecule has 8 heteroatoms. The summed E-state index contributed by atoms with van der Waals surface area (Å²) in [6, 6.07) is 10.8. The molecular formula is C22H25N5O2S. The van der Waals surface area contributed by atoms with Crippen LogP contribution in [0.4, 0.5) is 11.5 Å². The second kappa shape index (κ2) is 8.71. The van der Waals surface area contributed by atoms with Gasteiger partial charge in [0.15, 0.2) is 5.16 Å². The number of thioether (sulfide) groups is 1. The van der Waals surface area contributed by atoms with Crippen molar-refractivity contribution in [3.05, 3.63) is 64.1 Å². The summed E-state index contributed by atoms with van der Waals surface area (Å²) in [6.45, 7) is 6.34. The van der Waals surface area contributed by atoms with E-state index in [1.165, 1.54) is 11.8 Å². The fourth-order valence-corrected chi connectivity index (χ4v) is 3.21. The maximum Gasteiger partial charge on any atom is 0.271 e. The zero-order valence-electron chi connectivity index (χ0n) is 17.7. The SMILES string of the molecule is CNc1cc(-c2c[nH]c(=O)c(NC(=O)c3ccc(C(C)(C)C)cc3)c2)nc(SC)n1. The summed E-state index contributed by atoms with van der Waals surface area (Å²) < 4.78 is 0. The first-order valence-corrected chi connectivity index (χ1v) is 10.7. The minimum absolute atomic E-state index is 0.000145. The Morgan fingerprint density at radius 3 is 2.40 bits per heavy atom. The van der Waals surface area contributed by atoms with Crippen molar-refractivity contribution in [3.8, 4) is 11.3 Å². The molecule has 1 amide bonds. The minimum Gasteiger partial charge on any atom is -0.373 e. The quantitative estimate of drug-likeness (QED) is 0.421. The van der Waals surface area contributed by atoms with E-state index in [-0.39, 0.29) is 22.6 Å². The molecule has 7 nitrogen and oxygen atoms in total. The summed E-state index contributed by atoms with van der Waals surface area (Å²) in [5, 5.41) is 6.31. The standard InChI is InChI=1S/C22H25N5O2S/c1-22(2,3)15-8-6-13(7-9-15)19(28)25-17-10-14(12-24-20(17)29)16-11-18(23-4)27-21(26-16)30-5/h6-12H,1-5H3,(H,24,29)(H,25,28)(H,23,26,27). The molecule has 1 aromatic carbocycles. The van der Waals surface area contributed by atoms with Crippen molar-refractivity contribution in [3.63, 3.8) is 0 Å². The van der Waals surface area contributed by atoms with Crippen LogP contribution in [0.15, 0.2) is 52.5 Å². The number of H-pyrrole nitrogens is 1. The lowest BCUT2D eigenvalue weighted by Crippen LogP contribution is -2.20. The molecule has 0 aliphatic heterocycles. The Hall–Kier alpha value is -3.13. The number of nitrogens with zero attached hydrogens (tertiary/aromatic N) is 2. The van der Waals surface area contributed by atoms with Crippen molar-refractivity contribution in [1.82, 2.24) is 15.0 Å². The molecule has 0 spiro atoms. The van der Waals surface area contributed by atoms with Gasteiger partial charge in [-0.05, 0) is 35.4 Å². The number of hydrogen-bond acceptors (Lipinski definition) is 6. The van der Waals surface area contributed by atoms with Gasteiger partial charge in [0.05, 0.1) is 5.69 Å². The number of nitrogens with one attached hydrogen (secondary N) is 3. The lowest BCUT2D eigenvalue weighted by Gasteiger charge is -2.19. The molecule has 3 N–H and O–H groups in total. The Morgan fingerprint density at radius 1 is 1.10 bits per heavy atom. The third kappa shape index (κ3) is 4.88. The highest BCUT2D eigenvalue weighted by molar-refractivity contribution is 7.98. The van der Waals surface area contributed by atoms with Gasteiger partial charge in [0, 0.05) is 30.4 Å². The molecule has 156 valence electrons. The molecule has 0 saturated carbocycles. The molecule has 0 bridgehead atoms. The lowest BCUT2D eigenvalue weighted by molar-refractivity contribution is 0.102. The number of carbonyl (C=O) groups excluding carboxylic acids is 1. The van der Waals surface area contributed by atoms with Crippen LogP contribution >= 0.6 is 11.8 Å². The van der Waals surface area contributed by atoms with Gasteiger partial charge in [0.25, 0.3) is 11.5 Å². The van der Waals surface area contributed by atoms with Crippen LogP contribution in [0.5, 0.6) is 0 Å². The van der Waals surface area contributed by atoms with E-state index in [9.17, 15) is 9.59 Å². The van der Waals surface area contributed by atoms with Crippen molar-refractivity contribution >= 4 is 29.2 Å². The van der Waals surface area contributed by atoms with Crippen molar-refractivity contribution in [1.29, 1.82) is 0 Å². The smallest absolute Gasteiger partial charge is 0.271 e. The van der Waals surface area contributed by atoms with E-state index >= 15 is 0 Å². The lowest BCUT2D eigenvalue weighted by atomic mass is 9.87. The predicted molar refractivity (Wildman–Crippen MR) is 123 cm³/mol. The van der Waals surface area contributed by atoms with Crippen LogP contribution < -0.4 is 16.2 Å². The van der Waals surface area contributed by atoms with E-state index in [1.54, 1.807) is 37.5 Å². The topological polar surface area (TPSA) is 99.8 Å². The number of rotatable bonds is 5. The minimum atomic E-state index is -0.383. The number of carbonyl (C=O) groups is 1. The zero-order valence-corrected chi connectivity index (χ0v) is 18.5. The first kappa shape index (κ1) is 21.6. The largest absolute Gasteiger partial charge is 0.373 e. The van der Waals surface area contributed by atoms with Gasteiger partial charge in [-0.25, -0.2) is 9.97 Å². The highest BCUT2D eigenvalue weighted by Crippen LogP contribution is 2.24. The normalized spacial score (nSPS) is 11.2. The van der Waals surface area contributed by atoms with Crippen molar-refractivity contribution < 1.29 is 4.79 Å². The third-order valence-electron chi connectivity index (χ3n) is 4.60. The fourth-order valence-electron chi connectivity index (χ4n) is 2.83. The summed E-state index contributed by atoms with van der Waals surface area (Å²) in [5.74, 6) is 0.321. The van der Waals surface area contributed by atoms with Gasteiger partial charge in [0.2, 0.25) is 0 Å². The van der Waals surface area contributed by atoms with Crippen LogP contribution in [0, 0.1) is 0 Å². The number of anilines is 2. The van der Waals surface area contributed by atoms with Crippen LogP contribution in [0.2, 0.25) is 0 Å². The molecule has 2 heterocycles. The van der Waals surface area contributed by atoms with Gasteiger partial charge in [-0.3, -0.25) is 9.59 Å². The molecule has 0 aliphatic rings. The maximum atomic E-state index is 12.7. The summed E-state index contributed by atoms with van der Waals surface area (Å²) in [5.41, 5.74) is 2.70. The Bertz CT molecular complexity index is 1100. The summed E-state index contributed by atoms with van der Waals surface area (Å²) >= 11 is 1.42. The van der Waals surface area contributed by atoms with Gasteiger partial charge < -0.3 is 15.6 Å². The molecule has 0 atom stereocenters. The Labute approximate surface area is 179 Å². The molecule has 3 rings (SSSR count). The number of pyridine rings is 1. The monoisotopic (exact) mass is 423 g/mol. The molecular weight excluding hydrogens is 398 g/mol. The zero-order chi connectivity index (χ0) is 21.9. The molecule has 0 aliphatic carbocycles.